The lowest BCUT2D eigenvalue weighted by Gasteiger charge is -2.15. The van der Waals surface area contributed by atoms with Crippen molar-refractivity contribution in [1.82, 2.24) is 0 Å². The molecule has 0 radical (unpaired) electrons. The van der Waals surface area contributed by atoms with Crippen molar-refractivity contribution in [3.05, 3.63) is 87.1 Å². The standard InChI is InChI=1S/C27H23BrN2O3/c1-4-31-25-13-19(15-30-27-23(14-29)17(2)18(3)33-27)12-24(28)26(25)32-16-21-10-7-9-20-8-5-6-11-22(20)21/h5-13,15H,4,16H2,1-3H3. The van der Waals surface area contributed by atoms with Gasteiger partial charge in [0.05, 0.1) is 11.1 Å². The smallest absolute Gasteiger partial charge is 0.237 e. The number of benzene rings is 3. The van der Waals surface area contributed by atoms with Crippen molar-refractivity contribution >= 4 is 38.8 Å². The van der Waals surface area contributed by atoms with E-state index in [2.05, 4.69) is 51.3 Å². The highest BCUT2D eigenvalue weighted by Crippen LogP contribution is 2.38. The van der Waals surface area contributed by atoms with E-state index in [0.29, 0.717) is 41.9 Å². The van der Waals surface area contributed by atoms with E-state index in [1.165, 1.54) is 5.39 Å². The van der Waals surface area contributed by atoms with Crippen LogP contribution in [0.2, 0.25) is 0 Å². The van der Waals surface area contributed by atoms with Gasteiger partial charge in [-0.15, -0.1) is 0 Å². The zero-order valence-electron chi connectivity index (χ0n) is 18.7. The Bertz CT molecular complexity index is 1380. The molecule has 0 unspecified atom stereocenters. The minimum absolute atomic E-state index is 0.304. The summed E-state index contributed by atoms with van der Waals surface area (Å²) in [6.45, 7) is 6.50. The summed E-state index contributed by atoms with van der Waals surface area (Å²) in [5, 5.41) is 11.7. The van der Waals surface area contributed by atoms with E-state index in [1.54, 1.807) is 6.21 Å². The molecular weight excluding hydrogens is 480 g/mol. The molecule has 0 fully saturated rings. The van der Waals surface area contributed by atoms with Crippen LogP contribution in [-0.2, 0) is 6.61 Å². The Morgan fingerprint density at radius 1 is 1.09 bits per heavy atom. The van der Waals surface area contributed by atoms with Crippen LogP contribution in [0.5, 0.6) is 11.5 Å². The van der Waals surface area contributed by atoms with E-state index >= 15 is 0 Å². The summed E-state index contributed by atoms with van der Waals surface area (Å²) in [6, 6.07) is 20.4. The average molecular weight is 503 g/mol. The Morgan fingerprint density at radius 3 is 2.67 bits per heavy atom. The largest absolute Gasteiger partial charge is 0.490 e. The molecule has 166 valence electrons. The highest BCUT2D eigenvalue weighted by atomic mass is 79.9. The number of ether oxygens (including phenoxy) is 2. The molecule has 4 rings (SSSR count). The highest BCUT2D eigenvalue weighted by molar-refractivity contribution is 9.10. The molecule has 0 aliphatic rings. The van der Waals surface area contributed by atoms with Crippen LogP contribution >= 0.6 is 15.9 Å². The van der Waals surface area contributed by atoms with Crippen molar-refractivity contribution in [1.29, 1.82) is 5.26 Å². The topological polar surface area (TPSA) is 67.8 Å². The molecule has 0 N–H and O–H groups in total. The van der Waals surface area contributed by atoms with Crippen LogP contribution in [0.25, 0.3) is 10.8 Å². The molecule has 0 saturated heterocycles. The Balaban J connectivity index is 1.62. The number of aliphatic imine (C=N–C) groups is 1. The minimum atomic E-state index is 0.304. The van der Waals surface area contributed by atoms with Gasteiger partial charge in [-0.25, -0.2) is 4.99 Å². The van der Waals surface area contributed by atoms with Gasteiger partial charge in [-0.05, 0) is 70.7 Å². The fourth-order valence-corrected chi connectivity index (χ4v) is 4.17. The number of halogens is 1. The Kier molecular flexibility index (Phi) is 6.81. The van der Waals surface area contributed by atoms with E-state index < -0.39 is 0 Å². The van der Waals surface area contributed by atoms with Crippen molar-refractivity contribution in [2.24, 2.45) is 4.99 Å². The van der Waals surface area contributed by atoms with Gasteiger partial charge in [-0.3, -0.25) is 0 Å². The second-order valence-corrected chi connectivity index (χ2v) is 8.38. The normalized spacial score (nSPS) is 11.1. The third kappa shape index (κ3) is 4.79. The van der Waals surface area contributed by atoms with E-state index in [-0.39, 0.29) is 0 Å². The number of aryl methyl sites for hydroxylation is 1. The molecule has 3 aromatic carbocycles. The van der Waals surface area contributed by atoms with Gasteiger partial charge in [0.15, 0.2) is 11.5 Å². The zero-order chi connectivity index (χ0) is 23.4. The number of furan rings is 1. The molecule has 33 heavy (non-hydrogen) atoms. The summed E-state index contributed by atoms with van der Waals surface area (Å²) in [5.41, 5.74) is 3.14. The quantitative estimate of drug-likeness (QED) is 0.246. The molecule has 5 nitrogen and oxygen atoms in total. The predicted molar refractivity (Wildman–Crippen MR) is 134 cm³/mol. The average Bonchev–Trinajstić information content (AvgIpc) is 3.09. The number of fused-ring (bicyclic) bond motifs is 1. The van der Waals surface area contributed by atoms with Crippen LogP contribution in [0.4, 0.5) is 5.88 Å². The SMILES string of the molecule is CCOc1cc(C=Nc2oc(C)c(C)c2C#N)cc(Br)c1OCc1cccc2ccccc12. The van der Waals surface area contributed by atoms with Gasteiger partial charge in [0.25, 0.3) is 0 Å². The third-order valence-corrected chi connectivity index (χ3v) is 5.98. The van der Waals surface area contributed by atoms with Crippen molar-refractivity contribution < 1.29 is 13.9 Å². The second kappa shape index (κ2) is 9.93. The number of hydrogen-bond acceptors (Lipinski definition) is 5. The maximum Gasteiger partial charge on any atom is 0.237 e. The summed E-state index contributed by atoms with van der Waals surface area (Å²) < 4.78 is 18.4. The van der Waals surface area contributed by atoms with Gasteiger partial charge in [0, 0.05) is 11.8 Å². The highest BCUT2D eigenvalue weighted by Gasteiger charge is 2.15. The molecule has 0 spiro atoms. The fraction of sp³-hybridized carbons (Fsp3) is 0.185. The van der Waals surface area contributed by atoms with Crippen molar-refractivity contribution in [2.45, 2.75) is 27.4 Å². The summed E-state index contributed by atoms with van der Waals surface area (Å²) in [6.07, 6.45) is 1.65. The number of nitriles is 1. The molecule has 0 bridgehead atoms. The lowest BCUT2D eigenvalue weighted by molar-refractivity contribution is 0.268. The monoisotopic (exact) mass is 502 g/mol. The van der Waals surface area contributed by atoms with Gasteiger partial charge in [0.1, 0.15) is 24.0 Å². The summed E-state index contributed by atoms with van der Waals surface area (Å²) >= 11 is 3.62. The van der Waals surface area contributed by atoms with Crippen LogP contribution in [0, 0.1) is 25.2 Å². The zero-order valence-corrected chi connectivity index (χ0v) is 20.3. The molecule has 0 aliphatic carbocycles. The van der Waals surface area contributed by atoms with E-state index in [4.69, 9.17) is 13.9 Å². The van der Waals surface area contributed by atoms with Crippen LogP contribution in [0.15, 0.2) is 68.5 Å². The Morgan fingerprint density at radius 2 is 1.88 bits per heavy atom. The maximum atomic E-state index is 9.40. The van der Waals surface area contributed by atoms with Gasteiger partial charge in [-0.1, -0.05) is 42.5 Å². The summed E-state index contributed by atoms with van der Waals surface area (Å²) in [5.74, 6) is 2.23. The molecule has 4 aromatic rings. The molecule has 6 heteroatoms. The number of nitrogens with zero attached hydrogens (tertiary/aromatic N) is 2. The van der Waals surface area contributed by atoms with Crippen LogP contribution in [0.3, 0.4) is 0 Å². The predicted octanol–water partition coefficient (Wildman–Crippen LogP) is 7.41. The van der Waals surface area contributed by atoms with E-state index in [0.717, 1.165) is 26.5 Å². The first-order chi connectivity index (χ1) is 16.0. The van der Waals surface area contributed by atoms with Crippen LogP contribution in [-0.4, -0.2) is 12.8 Å². The Labute approximate surface area is 201 Å². The lowest BCUT2D eigenvalue weighted by Crippen LogP contribution is -2.02. The van der Waals surface area contributed by atoms with Crippen LogP contribution in [0.1, 0.15) is 34.9 Å². The molecule has 0 amide bonds. The van der Waals surface area contributed by atoms with Gasteiger partial charge in [0.2, 0.25) is 5.88 Å². The number of hydrogen-bond donors (Lipinski definition) is 0. The number of rotatable bonds is 7. The van der Waals surface area contributed by atoms with Crippen molar-refractivity contribution in [2.75, 3.05) is 6.61 Å². The molecule has 0 atom stereocenters. The van der Waals surface area contributed by atoms with Gasteiger partial charge >= 0.3 is 0 Å². The fourth-order valence-electron chi connectivity index (χ4n) is 3.60. The lowest BCUT2D eigenvalue weighted by atomic mass is 10.1. The Hall–Kier alpha value is -3.56. The van der Waals surface area contributed by atoms with Crippen molar-refractivity contribution in [3.8, 4) is 17.6 Å². The third-order valence-electron chi connectivity index (χ3n) is 5.39. The molecule has 0 saturated carbocycles. The molecule has 1 aromatic heterocycles. The van der Waals surface area contributed by atoms with Gasteiger partial charge in [-0.2, -0.15) is 5.26 Å². The van der Waals surface area contributed by atoms with Crippen LogP contribution < -0.4 is 9.47 Å². The van der Waals surface area contributed by atoms with E-state index in [9.17, 15) is 5.26 Å². The first-order valence-electron chi connectivity index (χ1n) is 10.6. The molecule has 1 heterocycles. The molecular formula is C27H23BrN2O3. The maximum absolute atomic E-state index is 9.40. The molecule has 0 aliphatic heterocycles. The second-order valence-electron chi connectivity index (χ2n) is 7.52. The first-order valence-corrected chi connectivity index (χ1v) is 11.4. The first kappa shape index (κ1) is 22.6. The minimum Gasteiger partial charge on any atom is -0.490 e. The van der Waals surface area contributed by atoms with Crippen molar-refractivity contribution in [3.63, 3.8) is 0 Å². The van der Waals surface area contributed by atoms with E-state index in [1.807, 2.05) is 51.1 Å². The summed E-state index contributed by atoms with van der Waals surface area (Å²) in [4.78, 5) is 4.40. The summed E-state index contributed by atoms with van der Waals surface area (Å²) in [7, 11) is 0. The van der Waals surface area contributed by atoms with Gasteiger partial charge < -0.3 is 13.9 Å².